The van der Waals surface area contributed by atoms with Gasteiger partial charge in [0.1, 0.15) is 17.1 Å². The summed E-state index contributed by atoms with van der Waals surface area (Å²) in [5.41, 5.74) is 1.94. The van der Waals surface area contributed by atoms with Gasteiger partial charge in [-0.25, -0.2) is 4.79 Å². The molecule has 0 radical (unpaired) electrons. The maximum atomic E-state index is 12.1. The lowest BCUT2D eigenvalue weighted by atomic mass is 10.0. The molecule has 23 heavy (non-hydrogen) atoms. The predicted molar refractivity (Wildman–Crippen MR) is 91.3 cm³/mol. The lowest BCUT2D eigenvalue weighted by molar-refractivity contribution is 0.0597. The molecular formula is C18H17ClO4. The molecule has 2 aromatic rings. The van der Waals surface area contributed by atoms with Crippen LogP contribution in [0.4, 0.5) is 0 Å². The van der Waals surface area contributed by atoms with Crippen LogP contribution in [0.2, 0.25) is 5.02 Å². The second-order valence-electron chi connectivity index (χ2n) is 4.67. The average molecular weight is 333 g/mol. The molecule has 0 unspecified atom stereocenters. The molecule has 0 amide bonds. The highest BCUT2D eigenvalue weighted by atomic mass is 35.5. The summed E-state index contributed by atoms with van der Waals surface area (Å²) >= 11 is 5.88. The quantitative estimate of drug-likeness (QED) is 0.604. The molecule has 0 saturated heterocycles. The van der Waals surface area contributed by atoms with Crippen molar-refractivity contribution >= 4 is 29.7 Å². The number of esters is 1. The van der Waals surface area contributed by atoms with E-state index in [2.05, 4.69) is 0 Å². The first kappa shape index (κ1) is 16.9. The Kier molecular flexibility index (Phi) is 5.66. The van der Waals surface area contributed by atoms with Crippen molar-refractivity contribution in [3.63, 3.8) is 0 Å². The normalized spacial score (nSPS) is 10.6. The third kappa shape index (κ3) is 4.05. The van der Waals surface area contributed by atoms with Gasteiger partial charge in [0, 0.05) is 11.1 Å². The van der Waals surface area contributed by atoms with E-state index in [0.717, 1.165) is 5.56 Å². The largest absolute Gasteiger partial charge is 0.497 e. The van der Waals surface area contributed by atoms with E-state index in [1.165, 1.54) is 14.2 Å². The number of methoxy groups -OCH3 is 3. The average Bonchev–Trinajstić information content (AvgIpc) is 2.59. The highest BCUT2D eigenvalue weighted by molar-refractivity contribution is 6.30. The minimum Gasteiger partial charge on any atom is -0.497 e. The molecule has 5 heteroatoms. The first-order chi connectivity index (χ1) is 11.1. The Morgan fingerprint density at radius 1 is 1.00 bits per heavy atom. The van der Waals surface area contributed by atoms with Crippen LogP contribution in [-0.2, 0) is 4.74 Å². The van der Waals surface area contributed by atoms with Crippen molar-refractivity contribution in [2.24, 2.45) is 0 Å². The second-order valence-corrected chi connectivity index (χ2v) is 5.11. The number of halogens is 1. The molecule has 0 spiro atoms. The SMILES string of the molecule is COC(=O)c1c(/C=C/c2ccc(Cl)cc2)cc(OC)cc1OC. The van der Waals surface area contributed by atoms with Gasteiger partial charge in [-0.05, 0) is 29.3 Å². The van der Waals surface area contributed by atoms with Crippen molar-refractivity contribution in [3.8, 4) is 11.5 Å². The molecule has 0 aliphatic heterocycles. The summed E-state index contributed by atoms with van der Waals surface area (Å²) < 4.78 is 15.4. The number of carbonyl (C=O) groups is 1. The first-order valence-corrected chi connectivity index (χ1v) is 7.24. The molecule has 0 atom stereocenters. The summed E-state index contributed by atoms with van der Waals surface area (Å²) in [6.45, 7) is 0. The molecule has 2 aromatic carbocycles. The number of rotatable bonds is 5. The van der Waals surface area contributed by atoms with Gasteiger partial charge in [-0.15, -0.1) is 0 Å². The van der Waals surface area contributed by atoms with E-state index in [1.54, 1.807) is 37.5 Å². The van der Waals surface area contributed by atoms with E-state index < -0.39 is 5.97 Å². The maximum absolute atomic E-state index is 12.1. The molecule has 4 nitrogen and oxygen atoms in total. The Morgan fingerprint density at radius 2 is 1.70 bits per heavy atom. The van der Waals surface area contributed by atoms with Crippen molar-refractivity contribution in [1.82, 2.24) is 0 Å². The summed E-state index contributed by atoms with van der Waals surface area (Å²) in [7, 11) is 4.38. The van der Waals surface area contributed by atoms with Crippen molar-refractivity contribution in [3.05, 3.63) is 58.1 Å². The van der Waals surface area contributed by atoms with E-state index in [1.807, 2.05) is 18.2 Å². The van der Waals surface area contributed by atoms with E-state index in [0.29, 0.717) is 27.6 Å². The van der Waals surface area contributed by atoms with Crippen LogP contribution in [0.15, 0.2) is 36.4 Å². The molecule has 0 aliphatic rings. The monoisotopic (exact) mass is 332 g/mol. The van der Waals surface area contributed by atoms with Crippen LogP contribution in [0.5, 0.6) is 11.5 Å². The van der Waals surface area contributed by atoms with Crippen LogP contribution < -0.4 is 9.47 Å². The van der Waals surface area contributed by atoms with Gasteiger partial charge in [0.2, 0.25) is 0 Å². The molecule has 0 bridgehead atoms. The fourth-order valence-electron chi connectivity index (χ4n) is 2.10. The molecule has 0 N–H and O–H groups in total. The van der Waals surface area contributed by atoms with Crippen molar-refractivity contribution in [1.29, 1.82) is 0 Å². The van der Waals surface area contributed by atoms with Gasteiger partial charge in [-0.1, -0.05) is 35.9 Å². The molecule has 0 aliphatic carbocycles. The minimum atomic E-state index is -0.472. The highest BCUT2D eigenvalue weighted by Gasteiger charge is 2.18. The van der Waals surface area contributed by atoms with Gasteiger partial charge in [-0.3, -0.25) is 0 Å². The fraction of sp³-hybridized carbons (Fsp3) is 0.167. The molecule has 2 rings (SSSR count). The summed E-state index contributed by atoms with van der Waals surface area (Å²) in [6.07, 6.45) is 3.68. The van der Waals surface area contributed by atoms with Crippen LogP contribution in [0.1, 0.15) is 21.5 Å². The molecule has 0 aromatic heterocycles. The highest BCUT2D eigenvalue weighted by Crippen LogP contribution is 2.30. The summed E-state index contributed by atoms with van der Waals surface area (Å²) in [6, 6.07) is 10.8. The van der Waals surface area contributed by atoms with Gasteiger partial charge in [-0.2, -0.15) is 0 Å². The smallest absolute Gasteiger partial charge is 0.342 e. The van der Waals surface area contributed by atoms with Crippen LogP contribution in [0.25, 0.3) is 12.2 Å². The molecule has 0 heterocycles. The van der Waals surface area contributed by atoms with Crippen LogP contribution in [-0.4, -0.2) is 27.3 Å². The summed E-state index contributed by atoms with van der Waals surface area (Å²) in [5, 5.41) is 0.667. The molecular weight excluding hydrogens is 316 g/mol. The van der Waals surface area contributed by atoms with Gasteiger partial charge in [0.25, 0.3) is 0 Å². The lowest BCUT2D eigenvalue weighted by Gasteiger charge is -2.12. The third-order valence-corrected chi connectivity index (χ3v) is 3.53. The minimum absolute atomic E-state index is 0.348. The van der Waals surface area contributed by atoms with Gasteiger partial charge < -0.3 is 14.2 Å². The van der Waals surface area contributed by atoms with Crippen LogP contribution >= 0.6 is 11.6 Å². The predicted octanol–water partition coefficient (Wildman–Crippen LogP) is 4.31. The number of hydrogen-bond acceptors (Lipinski definition) is 4. The zero-order chi connectivity index (χ0) is 16.8. The molecule has 0 saturated carbocycles. The van der Waals surface area contributed by atoms with Crippen molar-refractivity contribution in [2.75, 3.05) is 21.3 Å². The first-order valence-electron chi connectivity index (χ1n) is 6.87. The fourth-order valence-corrected chi connectivity index (χ4v) is 2.23. The third-order valence-electron chi connectivity index (χ3n) is 3.28. The molecule has 0 fully saturated rings. The Bertz CT molecular complexity index is 721. The Balaban J connectivity index is 2.49. The van der Waals surface area contributed by atoms with Gasteiger partial charge in [0.05, 0.1) is 21.3 Å². The number of carbonyl (C=O) groups excluding carboxylic acids is 1. The van der Waals surface area contributed by atoms with E-state index in [4.69, 9.17) is 25.8 Å². The van der Waals surface area contributed by atoms with Crippen molar-refractivity contribution < 1.29 is 19.0 Å². The van der Waals surface area contributed by atoms with Crippen molar-refractivity contribution in [2.45, 2.75) is 0 Å². The summed E-state index contributed by atoms with van der Waals surface area (Å²) in [5.74, 6) is 0.512. The van der Waals surface area contributed by atoms with E-state index >= 15 is 0 Å². The Hall–Kier alpha value is -2.46. The topological polar surface area (TPSA) is 44.8 Å². The maximum Gasteiger partial charge on any atom is 0.342 e. The number of benzene rings is 2. The number of ether oxygens (including phenoxy) is 3. The van der Waals surface area contributed by atoms with Gasteiger partial charge in [0.15, 0.2) is 0 Å². The Labute approximate surface area is 140 Å². The van der Waals surface area contributed by atoms with Gasteiger partial charge >= 0.3 is 5.97 Å². The van der Waals surface area contributed by atoms with Crippen LogP contribution in [0.3, 0.4) is 0 Å². The zero-order valence-electron chi connectivity index (χ0n) is 13.1. The number of hydrogen-bond donors (Lipinski definition) is 0. The standard InChI is InChI=1S/C18H17ClO4/c1-21-15-10-13(7-4-12-5-8-14(19)9-6-12)17(18(20)23-3)16(11-15)22-2/h4-11H,1-3H3/b7-4+. The molecule has 120 valence electrons. The summed E-state index contributed by atoms with van der Waals surface area (Å²) in [4.78, 5) is 12.1. The Morgan fingerprint density at radius 3 is 2.26 bits per heavy atom. The van der Waals surface area contributed by atoms with Crippen LogP contribution in [0, 0.1) is 0 Å². The second kappa shape index (κ2) is 7.70. The zero-order valence-corrected chi connectivity index (χ0v) is 13.9. The van der Waals surface area contributed by atoms with E-state index in [-0.39, 0.29) is 0 Å². The van der Waals surface area contributed by atoms with E-state index in [9.17, 15) is 4.79 Å². The lowest BCUT2D eigenvalue weighted by Crippen LogP contribution is -2.07.